The molecule has 0 aliphatic heterocycles. The minimum absolute atomic E-state index is 0.0780. The third-order valence-electron chi connectivity index (χ3n) is 1.73. The van der Waals surface area contributed by atoms with E-state index in [1.165, 1.54) is 11.3 Å². The molecule has 0 N–H and O–H groups in total. The van der Waals surface area contributed by atoms with Gasteiger partial charge in [0, 0.05) is 21.0 Å². The Labute approximate surface area is 86.6 Å². The van der Waals surface area contributed by atoms with Crippen molar-refractivity contribution in [2.75, 3.05) is 19.1 Å². The molecule has 0 aromatic carbocycles. The molecule has 0 aliphatic rings. The highest BCUT2D eigenvalue weighted by Gasteiger charge is 2.12. The van der Waals surface area contributed by atoms with Crippen LogP contribution in [0, 0.1) is 10.9 Å². The van der Waals surface area contributed by atoms with Gasteiger partial charge in [-0.15, -0.1) is 0 Å². The van der Waals surface area contributed by atoms with Crippen molar-refractivity contribution in [3.63, 3.8) is 0 Å². The molecule has 0 fully saturated rings. The van der Waals surface area contributed by atoms with Gasteiger partial charge in [0.1, 0.15) is 0 Å². The molecule has 1 heterocycles. The molecule has 0 radical (unpaired) electrons. The second-order valence-corrected chi connectivity index (χ2v) is 4.64. The highest BCUT2D eigenvalue weighted by molar-refractivity contribution is 7.73. The minimum atomic E-state index is 0.0780. The van der Waals surface area contributed by atoms with Gasteiger partial charge < -0.3 is 5.01 Å². The molecule has 1 rings (SSSR count). The van der Waals surface area contributed by atoms with Crippen molar-refractivity contribution in [2.24, 2.45) is 0 Å². The topological polar surface area (TPSA) is 25.2 Å². The summed E-state index contributed by atoms with van der Waals surface area (Å²) < 4.78 is 2.57. The molecule has 0 saturated heterocycles. The van der Waals surface area contributed by atoms with Crippen molar-refractivity contribution >= 4 is 29.3 Å². The lowest BCUT2D eigenvalue weighted by molar-refractivity contribution is 0.102. The third kappa shape index (κ3) is 1.81. The zero-order valence-electron chi connectivity index (χ0n) is 8.12. The van der Waals surface area contributed by atoms with Crippen molar-refractivity contribution < 1.29 is 4.79 Å². The summed E-state index contributed by atoms with van der Waals surface area (Å²) in [6.45, 7) is 3.47. The van der Waals surface area contributed by atoms with Crippen LogP contribution < -0.4 is 5.01 Å². The molecule has 0 aliphatic carbocycles. The lowest BCUT2D eigenvalue weighted by atomic mass is 10.3. The third-order valence-corrected chi connectivity index (χ3v) is 3.29. The van der Waals surface area contributed by atoms with Crippen molar-refractivity contribution in [1.82, 2.24) is 4.68 Å². The second-order valence-electron chi connectivity index (χ2n) is 3.00. The summed E-state index contributed by atoms with van der Waals surface area (Å²) >= 11 is 6.51. The van der Waals surface area contributed by atoms with Crippen LogP contribution in [0.4, 0.5) is 0 Å². The molecule has 13 heavy (non-hydrogen) atoms. The Morgan fingerprint density at radius 3 is 2.31 bits per heavy atom. The van der Waals surface area contributed by atoms with E-state index in [1.54, 1.807) is 6.92 Å². The second kappa shape index (κ2) is 3.59. The van der Waals surface area contributed by atoms with Crippen molar-refractivity contribution in [1.29, 1.82) is 0 Å². The van der Waals surface area contributed by atoms with Crippen LogP contribution in [-0.4, -0.2) is 24.6 Å². The summed E-state index contributed by atoms with van der Waals surface area (Å²) in [5, 5.41) is 1.88. The van der Waals surface area contributed by atoms with Gasteiger partial charge >= 0.3 is 0 Å². The monoisotopic (exact) mass is 216 g/mol. The SMILES string of the molecule is CC(=O)c1sc(=S)n(N(C)C)c1C. The van der Waals surface area contributed by atoms with Gasteiger partial charge in [-0.1, -0.05) is 11.3 Å². The molecule has 72 valence electrons. The minimum Gasteiger partial charge on any atom is -0.317 e. The normalized spacial score (nSPS) is 10.2. The number of hydrogen-bond acceptors (Lipinski definition) is 4. The number of carbonyl (C=O) groups excluding carboxylic acids is 1. The summed E-state index contributed by atoms with van der Waals surface area (Å²) in [4.78, 5) is 11.9. The van der Waals surface area contributed by atoms with E-state index in [0.29, 0.717) is 3.95 Å². The smallest absolute Gasteiger partial charge is 0.180 e. The van der Waals surface area contributed by atoms with E-state index < -0.39 is 0 Å². The number of nitrogens with zero attached hydrogens (tertiary/aromatic N) is 2. The largest absolute Gasteiger partial charge is 0.317 e. The van der Waals surface area contributed by atoms with Crippen LogP contribution in [0.2, 0.25) is 0 Å². The Balaban J connectivity index is 3.39. The zero-order valence-corrected chi connectivity index (χ0v) is 9.75. The van der Waals surface area contributed by atoms with Crippen LogP contribution in [0.15, 0.2) is 0 Å². The highest BCUT2D eigenvalue weighted by atomic mass is 32.1. The maximum atomic E-state index is 11.2. The van der Waals surface area contributed by atoms with E-state index in [0.717, 1.165) is 10.6 Å². The molecular weight excluding hydrogens is 204 g/mol. The van der Waals surface area contributed by atoms with Crippen molar-refractivity contribution in [3.8, 4) is 0 Å². The number of rotatable bonds is 2. The molecule has 0 amide bonds. The molecule has 1 aromatic rings. The summed E-state index contributed by atoms with van der Waals surface area (Å²) in [5.74, 6) is 0.0780. The summed E-state index contributed by atoms with van der Waals surface area (Å²) in [6.07, 6.45) is 0. The molecule has 5 heteroatoms. The Morgan fingerprint density at radius 2 is 2.08 bits per heavy atom. The van der Waals surface area contributed by atoms with Crippen molar-refractivity contribution in [2.45, 2.75) is 13.8 Å². The average molecular weight is 216 g/mol. The van der Waals surface area contributed by atoms with Gasteiger partial charge in [0.15, 0.2) is 9.74 Å². The van der Waals surface area contributed by atoms with Crippen LogP contribution in [-0.2, 0) is 0 Å². The van der Waals surface area contributed by atoms with E-state index in [-0.39, 0.29) is 5.78 Å². The summed E-state index contributed by atoms with van der Waals surface area (Å²) in [6, 6.07) is 0. The number of aromatic nitrogens is 1. The van der Waals surface area contributed by atoms with E-state index in [4.69, 9.17) is 12.2 Å². The quantitative estimate of drug-likeness (QED) is 0.558. The summed E-state index contributed by atoms with van der Waals surface area (Å²) in [5.41, 5.74) is 0.924. The first-order valence-electron chi connectivity index (χ1n) is 3.86. The molecule has 0 bridgehead atoms. The predicted molar refractivity (Wildman–Crippen MR) is 57.9 cm³/mol. The van der Waals surface area contributed by atoms with E-state index in [2.05, 4.69) is 0 Å². The first-order valence-corrected chi connectivity index (χ1v) is 5.08. The lowest BCUT2D eigenvalue weighted by Gasteiger charge is -2.15. The first kappa shape index (κ1) is 10.4. The molecule has 0 atom stereocenters. The Morgan fingerprint density at radius 1 is 1.54 bits per heavy atom. The molecule has 1 aromatic heterocycles. The zero-order chi connectivity index (χ0) is 10.2. The molecule has 0 saturated carbocycles. The lowest BCUT2D eigenvalue weighted by Crippen LogP contribution is -2.26. The van der Waals surface area contributed by atoms with Gasteiger partial charge in [-0.05, 0) is 19.1 Å². The van der Waals surface area contributed by atoms with Crippen LogP contribution in [0.3, 0.4) is 0 Å². The highest BCUT2D eigenvalue weighted by Crippen LogP contribution is 2.18. The van der Waals surface area contributed by atoms with Gasteiger partial charge in [-0.2, -0.15) is 0 Å². The number of carbonyl (C=O) groups is 1. The molecule has 3 nitrogen and oxygen atoms in total. The van der Waals surface area contributed by atoms with E-state index in [1.807, 2.05) is 30.7 Å². The number of hydrogen-bond donors (Lipinski definition) is 0. The maximum Gasteiger partial charge on any atom is 0.180 e. The van der Waals surface area contributed by atoms with Crippen LogP contribution in [0.5, 0.6) is 0 Å². The Kier molecular flexibility index (Phi) is 2.87. The Bertz CT molecular complexity index is 389. The summed E-state index contributed by atoms with van der Waals surface area (Å²) in [7, 11) is 3.80. The standard InChI is InChI=1S/C8H12N2OS2/c1-5-7(6(2)11)13-8(12)10(5)9(3)4/h1-4H3. The number of Topliss-reactive ketones (excluding diaryl/α,β-unsaturated/α-hetero) is 1. The fourth-order valence-corrected chi connectivity index (χ4v) is 2.72. The van der Waals surface area contributed by atoms with Gasteiger partial charge in [-0.25, -0.2) is 4.68 Å². The molecule has 0 spiro atoms. The van der Waals surface area contributed by atoms with E-state index in [9.17, 15) is 4.79 Å². The van der Waals surface area contributed by atoms with Crippen LogP contribution in [0.25, 0.3) is 0 Å². The predicted octanol–water partition coefficient (Wildman–Crippen LogP) is 1.99. The van der Waals surface area contributed by atoms with Crippen LogP contribution >= 0.6 is 23.6 Å². The molecular formula is C8H12N2OS2. The van der Waals surface area contributed by atoms with Crippen LogP contribution in [0.1, 0.15) is 22.3 Å². The number of ketones is 1. The first-order chi connectivity index (χ1) is 5.95. The van der Waals surface area contributed by atoms with Gasteiger partial charge in [0.2, 0.25) is 0 Å². The average Bonchev–Trinajstić information content (AvgIpc) is 2.26. The molecule has 0 unspecified atom stereocenters. The van der Waals surface area contributed by atoms with Crippen molar-refractivity contribution in [3.05, 3.63) is 14.5 Å². The fraction of sp³-hybridized carbons (Fsp3) is 0.500. The number of thiazole rings is 1. The van der Waals surface area contributed by atoms with Gasteiger partial charge in [-0.3, -0.25) is 4.79 Å². The Hall–Kier alpha value is -0.680. The van der Waals surface area contributed by atoms with Gasteiger partial charge in [0.05, 0.1) is 10.6 Å². The maximum absolute atomic E-state index is 11.2. The van der Waals surface area contributed by atoms with E-state index >= 15 is 0 Å². The fourth-order valence-electron chi connectivity index (χ4n) is 1.23. The van der Waals surface area contributed by atoms with Gasteiger partial charge in [0.25, 0.3) is 0 Å².